The van der Waals surface area contributed by atoms with Crippen molar-refractivity contribution in [1.29, 1.82) is 5.26 Å². The summed E-state index contributed by atoms with van der Waals surface area (Å²) in [6.45, 7) is 13.6. The molecule has 1 N–H and O–H groups in total. The smallest absolute Gasteiger partial charge is 0.0773 e. The summed E-state index contributed by atoms with van der Waals surface area (Å²) >= 11 is 0. The van der Waals surface area contributed by atoms with Gasteiger partial charge in [0, 0.05) is 0 Å². The normalized spacial score (nSPS) is 30.2. The zero-order valence-electron chi connectivity index (χ0n) is 7.56. The largest absolute Gasteiger partial charge is 0.512 e. The summed E-state index contributed by atoms with van der Waals surface area (Å²) < 4.78 is 0. The summed E-state index contributed by atoms with van der Waals surface area (Å²) in [5, 5.41) is 6.25. The fraction of sp³-hybridized carbons (Fsp3) is 0.889. The highest BCUT2D eigenvalue weighted by Gasteiger charge is 2.16. The Morgan fingerprint density at radius 2 is 1.82 bits per heavy atom. The van der Waals surface area contributed by atoms with Gasteiger partial charge in [0.15, 0.2) is 0 Å². The number of nitrogens with one attached hydrogen (secondary N) is 1. The number of nitrogens with zero attached hydrogens (tertiary/aromatic N) is 1. The Morgan fingerprint density at radius 3 is 2.18 bits per heavy atom. The maximum Gasteiger partial charge on any atom is 0.0773 e. The van der Waals surface area contributed by atoms with Crippen LogP contribution >= 0.6 is 0 Å². The third-order valence-electron chi connectivity index (χ3n) is 2.48. The minimum atomic E-state index is 1.00. The molecule has 11 heavy (non-hydrogen) atoms. The standard InChI is InChI=1S/C8H17N.CN/c1-3-9-6-4-8(2)5-7-9;1-2/h8H,3-7H2,1-2H3;/q;-1/p+1. The van der Waals surface area contributed by atoms with Gasteiger partial charge < -0.3 is 16.7 Å². The monoisotopic (exact) mass is 154 g/mol. The molecule has 1 heterocycles. The van der Waals surface area contributed by atoms with Crippen LogP contribution in [0.2, 0.25) is 0 Å². The molecule has 2 heteroatoms. The molecular weight excluding hydrogens is 136 g/mol. The lowest BCUT2D eigenvalue weighted by molar-refractivity contribution is -0.904. The van der Waals surface area contributed by atoms with E-state index in [-0.39, 0.29) is 0 Å². The molecule has 0 unspecified atom stereocenters. The van der Waals surface area contributed by atoms with Crippen molar-refractivity contribution in [3.8, 4) is 0 Å². The first kappa shape index (κ1) is 10.4. The summed E-state index contributed by atoms with van der Waals surface area (Å²) in [6, 6.07) is 0. The zero-order chi connectivity index (χ0) is 8.69. The van der Waals surface area contributed by atoms with E-state index in [1.54, 1.807) is 4.90 Å². The first-order chi connectivity index (χ1) is 5.33. The van der Waals surface area contributed by atoms with Gasteiger partial charge in [0.05, 0.1) is 19.6 Å². The van der Waals surface area contributed by atoms with Crippen LogP contribution in [0.3, 0.4) is 0 Å². The lowest BCUT2D eigenvalue weighted by Gasteiger charge is -2.25. The van der Waals surface area contributed by atoms with Crippen LogP contribution in [0.4, 0.5) is 0 Å². The van der Waals surface area contributed by atoms with Crippen LogP contribution in [0.5, 0.6) is 0 Å². The van der Waals surface area contributed by atoms with E-state index in [0.29, 0.717) is 0 Å². The third kappa shape index (κ3) is 4.00. The van der Waals surface area contributed by atoms with Gasteiger partial charge in [0.25, 0.3) is 0 Å². The Labute approximate surface area is 69.8 Å². The zero-order valence-corrected chi connectivity index (χ0v) is 7.56. The van der Waals surface area contributed by atoms with Gasteiger partial charge in [-0.3, -0.25) is 0 Å². The topological polar surface area (TPSA) is 28.2 Å². The highest BCUT2D eigenvalue weighted by atomic mass is 15.1. The van der Waals surface area contributed by atoms with Crippen molar-refractivity contribution in [2.75, 3.05) is 19.6 Å². The summed E-state index contributed by atoms with van der Waals surface area (Å²) in [6.07, 6.45) is 2.90. The summed E-state index contributed by atoms with van der Waals surface area (Å²) in [5.41, 5.74) is 0. The number of hydrogen-bond donors (Lipinski definition) is 1. The molecule has 1 fully saturated rings. The van der Waals surface area contributed by atoms with E-state index < -0.39 is 0 Å². The van der Waals surface area contributed by atoms with E-state index in [4.69, 9.17) is 11.8 Å². The molecule has 1 saturated heterocycles. The average molecular weight is 154 g/mol. The second kappa shape index (κ2) is 6.18. The van der Waals surface area contributed by atoms with E-state index in [1.807, 2.05) is 0 Å². The molecule has 0 aromatic rings. The molecular formula is C9H18N2. The fourth-order valence-electron chi connectivity index (χ4n) is 1.52. The van der Waals surface area contributed by atoms with Crippen LogP contribution in [0.1, 0.15) is 26.7 Å². The minimum absolute atomic E-state index is 1.00. The van der Waals surface area contributed by atoms with Crippen LogP contribution in [-0.2, 0) is 0 Å². The van der Waals surface area contributed by atoms with Gasteiger partial charge in [0.1, 0.15) is 0 Å². The molecule has 0 atom stereocenters. The van der Waals surface area contributed by atoms with E-state index in [2.05, 4.69) is 13.8 Å². The van der Waals surface area contributed by atoms with E-state index in [0.717, 1.165) is 5.92 Å². The van der Waals surface area contributed by atoms with Gasteiger partial charge in [-0.05, 0) is 25.7 Å². The van der Waals surface area contributed by atoms with Crippen molar-refractivity contribution in [3.63, 3.8) is 0 Å². The Morgan fingerprint density at radius 1 is 1.36 bits per heavy atom. The van der Waals surface area contributed by atoms with Crippen molar-refractivity contribution in [2.24, 2.45) is 5.92 Å². The molecule has 0 spiro atoms. The quantitative estimate of drug-likeness (QED) is 0.545. The molecule has 2 nitrogen and oxygen atoms in total. The fourth-order valence-corrected chi connectivity index (χ4v) is 1.52. The number of likely N-dealkylation sites (tertiary alicyclic amines) is 1. The molecule has 1 aliphatic rings. The predicted octanol–water partition coefficient (Wildman–Crippen LogP) is 0.417. The Hall–Kier alpha value is -0.550. The predicted molar refractivity (Wildman–Crippen MR) is 44.6 cm³/mol. The average Bonchev–Trinajstić information content (AvgIpc) is 2.10. The van der Waals surface area contributed by atoms with Gasteiger partial charge in [-0.2, -0.15) is 0 Å². The van der Waals surface area contributed by atoms with Crippen molar-refractivity contribution >= 4 is 0 Å². The van der Waals surface area contributed by atoms with Crippen LogP contribution in [-0.4, -0.2) is 19.6 Å². The molecule has 0 saturated carbocycles. The maximum atomic E-state index is 6.25. The Bertz CT molecular complexity index is 101. The van der Waals surface area contributed by atoms with Crippen molar-refractivity contribution < 1.29 is 4.90 Å². The second-order valence-corrected chi connectivity index (χ2v) is 3.29. The number of piperidine rings is 1. The lowest BCUT2D eigenvalue weighted by atomic mass is 9.99. The highest BCUT2D eigenvalue weighted by Crippen LogP contribution is 2.06. The van der Waals surface area contributed by atoms with Crippen LogP contribution < -0.4 is 4.90 Å². The molecule has 0 amide bonds. The van der Waals surface area contributed by atoms with Gasteiger partial charge in [-0.25, -0.2) is 0 Å². The summed E-state index contributed by atoms with van der Waals surface area (Å²) in [5.74, 6) is 1.00. The summed E-state index contributed by atoms with van der Waals surface area (Å²) in [7, 11) is 0. The van der Waals surface area contributed by atoms with E-state index >= 15 is 0 Å². The molecule has 0 radical (unpaired) electrons. The third-order valence-corrected chi connectivity index (χ3v) is 2.48. The van der Waals surface area contributed by atoms with E-state index in [9.17, 15) is 0 Å². The molecule has 0 aliphatic carbocycles. The van der Waals surface area contributed by atoms with Crippen LogP contribution in [0, 0.1) is 17.8 Å². The molecule has 0 bridgehead atoms. The molecule has 0 aromatic carbocycles. The number of rotatable bonds is 1. The van der Waals surface area contributed by atoms with Crippen LogP contribution in [0.15, 0.2) is 0 Å². The van der Waals surface area contributed by atoms with Crippen molar-refractivity contribution in [3.05, 3.63) is 6.57 Å². The molecule has 0 aromatic heterocycles. The highest BCUT2D eigenvalue weighted by molar-refractivity contribution is 4.54. The van der Waals surface area contributed by atoms with Crippen LogP contribution in [0.25, 0.3) is 0 Å². The molecule has 1 rings (SSSR count). The Kier molecular flexibility index (Phi) is 5.87. The lowest BCUT2D eigenvalue weighted by Crippen LogP contribution is -3.12. The SMILES string of the molecule is CC[NH+]1CCC(C)CC1.[C-]#N. The maximum absolute atomic E-state index is 6.25. The van der Waals surface area contributed by atoms with Crippen molar-refractivity contribution in [1.82, 2.24) is 0 Å². The molecule has 1 aliphatic heterocycles. The molecule has 64 valence electrons. The Balaban J connectivity index is 0.000000461. The van der Waals surface area contributed by atoms with Gasteiger partial charge in [-0.15, -0.1) is 0 Å². The van der Waals surface area contributed by atoms with E-state index in [1.165, 1.54) is 32.5 Å². The second-order valence-electron chi connectivity index (χ2n) is 3.29. The first-order valence-corrected chi connectivity index (χ1v) is 4.39. The van der Waals surface area contributed by atoms with Gasteiger partial charge in [-0.1, -0.05) is 6.92 Å². The van der Waals surface area contributed by atoms with Crippen molar-refractivity contribution in [2.45, 2.75) is 26.7 Å². The number of quaternary nitrogens is 1. The minimum Gasteiger partial charge on any atom is -0.512 e. The number of hydrogen-bond acceptors (Lipinski definition) is 1. The first-order valence-electron chi connectivity index (χ1n) is 4.39. The van der Waals surface area contributed by atoms with Gasteiger partial charge >= 0.3 is 0 Å². The van der Waals surface area contributed by atoms with Gasteiger partial charge in [0.2, 0.25) is 0 Å². The summed E-state index contributed by atoms with van der Waals surface area (Å²) in [4.78, 5) is 1.80.